The fourth-order valence-corrected chi connectivity index (χ4v) is 4.17. The highest BCUT2D eigenvalue weighted by molar-refractivity contribution is 5.91. The van der Waals surface area contributed by atoms with E-state index in [9.17, 15) is 9.18 Å². The number of aromatic nitrogens is 4. The molecular weight excluding hydrogens is 421 g/mol. The standard InChI is InChI=1S/C25H22FN5O2/c1-17(26)25(32)30-13-5-6-19(15-30)31-24-22(14-27-16-28-24)23(29-31)18-9-11-21(12-10-18)33-20-7-3-2-4-8-20/h2-4,7-12,14,16,19H,1,5-6,13,15H2/t19-/m1/s1. The number of fused-ring (bicyclic) bond motifs is 1. The number of ether oxygens (including phenoxy) is 1. The zero-order valence-corrected chi connectivity index (χ0v) is 17.9. The van der Waals surface area contributed by atoms with Gasteiger partial charge in [0.1, 0.15) is 23.5 Å². The van der Waals surface area contributed by atoms with E-state index in [1.54, 1.807) is 6.20 Å². The number of rotatable bonds is 5. The van der Waals surface area contributed by atoms with E-state index in [-0.39, 0.29) is 6.04 Å². The van der Waals surface area contributed by atoms with Gasteiger partial charge in [-0.05, 0) is 49.2 Å². The average molecular weight is 443 g/mol. The lowest BCUT2D eigenvalue weighted by Gasteiger charge is -2.32. The molecule has 1 aliphatic rings. The van der Waals surface area contributed by atoms with E-state index in [0.29, 0.717) is 18.7 Å². The minimum Gasteiger partial charge on any atom is -0.457 e. The van der Waals surface area contributed by atoms with E-state index >= 15 is 0 Å². The van der Waals surface area contributed by atoms with Gasteiger partial charge in [-0.25, -0.2) is 19.0 Å². The van der Waals surface area contributed by atoms with Gasteiger partial charge in [0, 0.05) is 24.8 Å². The zero-order valence-electron chi connectivity index (χ0n) is 17.9. The number of hydrogen-bond donors (Lipinski definition) is 0. The molecule has 1 fully saturated rings. The van der Waals surface area contributed by atoms with Crippen LogP contribution in [0.3, 0.4) is 0 Å². The molecule has 1 atom stereocenters. The molecule has 4 aromatic rings. The molecule has 166 valence electrons. The lowest BCUT2D eigenvalue weighted by molar-refractivity contribution is -0.130. The fourth-order valence-electron chi connectivity index (χ4n) is 4.17. The molecule has 7 nitrogen and oxygen atoms in total. The summed E-state index contributed by atoms with van der Waals surface area (Å²) in [5.74, 6) is -0.125. The average Bonchev–Trinajstić information content (AvgIpc) is 3.24. The second kappa shape index (κ2) is 8.82. The Morgan fingerprint density at radius 2 is 1.85 bits per heavy atom. The highest BCUT2D eigenvalue weighted by Gasteiger charge is 2.29. The van der Waals surface area contributed by atoms with Crippen LogP contribution in [0, 0.1) is 0 Å². The molecule has 8 heteroatoms. The second-order valence-electron chi connectivity index (χ2n) is 7.94. The molecule has 33 heavy (non-hydrogen) atoms. The van der Waals surface area contributed by atoms with Gasteiger partial charge < -0.3 is 9.64 Å². The number of carbonyl (C=O) groups excluding carboxylic acids is 1. The van der Waals surface area contributed by atoms with E-state index in [4.69, 9.17) is 9.84 Å². The van der Waals surface area contributed by atoms with Gasteiger partial charge in [0.2, 0.25) is 0 Å². The molecule has 0 aliphatic carbocycles. The summed E-state index contributed by atoms with van der Waals surface area (Å²) in [5.41, 5.74) is 2.33. The first-order valence-electron chi connectivity index (χ1n) is 10.8. The number of halogens is 1. The molecule has 0 radical (unpaired) electrons. The molecule has 2 aromatic carbocycles. The molecule has 0 saturated carbocycles. The number of nitrogens with zero attached hydrogens (tertiary/aromatic N) is 5. The zero-order chi connectivity index (χ0) is 22.8. The highest BCUT2D eigenvalue weighted by Crippen LogP contribution is 2.32. The maximum atomic E-state index is 13.4. The van der Waals surface area contributed by atoms with Gasteiger partial charge in [0.05, 0.1) is 11.4 Å². The van der Waals surface area contributed by atoms with Gasteiger partial charge in [-0.3, -0.25) is 4.79 Å². The first kappa shape index (κ1) is 20.8. The van der Waals surface area contributed by atoms with Crippen molar-refractivity contribution in [1.29, 1.82) is 0 Å². The van der Waals surface area contributed by atoms with Crippen molar-refractivity contribution < 1.29 is 13.9 Å². The van der Waals surface area contributed by atoms with Crippen molar-refractivity contribution in [2.45, 2.75) is 18.9 Å². The van der Waals surface area contributed by atoms with Crippen molar-refractivity contribution in [3.63, 3.8) is 0 Å². The van der Waals surface area contributed by atoms with Crippen LogP contribution in [0.25, 0.3) is 22.3 Å². The van der Waals surface area contributed by atoms with Crippen LogP contribution in [0.4, 0.5) is 4.39 Å². The summed E-state index contributed by atoms with van der Waals surface area (Å²) < 4.78 is 21.1. The third-order valence-electron chi connectivity index (χ3n) is 5.74. The van der Waals surface area contributed by atoms with E-state index in [1.165, 1.54) is 11.2 Å². The summed E-state index contributed by atoms with van der Waals surface area (Å²) in [4.78, 5) is 22.2. The summed E-state index contributed by atoms with van der Waals surface area (Å²) in [7, 11) is 0. The number of carbonyl (C=O) groups is 1. The molecule has 2 aromatic heterocycles. The molecular formula is C25H22FN5O2. The largest absolute Gasteiger partial charge is 0.457 e. The third-order valence-corrected chi connectivity index (χ3v) is 5.74. The van der Waals surface area contributed by atoms with Crippen LogP contribution in [0.2, 0.25) is 0 Å². The lowest BCUT2D eigenvalue weighted by atomic mass is 10.1. The summed E-state index contributed by atoms with van der Waals surface area (Å²) in [5, 5.41) is 5.67. The van der Waals surface area contributed by atoms with Crippen molar-refractivity contribution in [3.05, 3.63) is 79.5 Å². The summed E-state index contributed by atoms with van der Waals surface area (Å²) in [6, 6.07) is 17.1. The van der Waals surface area contributed by atoms with Crippen molar-refractivity contribution in [2.75, 3.05) is 13.1 Å². The number of likely N-dealkylation sites (tertiary alicyclic amines) is 1. The predicted octanol–water partition coefficient (Wildman–Crippen LogP) is 4.93. The Labute approximate surface area is 190 Å². The Morgan fingerprint density at radius 3 is 2.61 bits per heavy atom. The van der Waals surface area contributed by atoms with Crippen LogP contribution >= 0.6 is 0 Å². The minimum absolute atomic E-state index is 0.117. The number of benzene rings is 2. The van der Waals surface area contributed by atoms with Crippen molar-refractivity contribution in [3.8, 4) is 22.8 Å². The molecule has 0 N–H and O–H groups in total. The molecule has 1 aliphatic heterocycles. The van der Waals surface area contributed by atoms with Gasteiger partial charge in [-0.2, -0.15) is 5.10 Å². The molecule has 1 amide bonds. The quantitative estimate of drug-likeness (QED) is 0.409. The molecule has 0 unspecified atom stereocenters. The Hall–Kier alpha value is -4.07. The van der Waals surface area contributed by atoms with Crippen molar-refractivity contribution >= 4 is 16.9 Å². The Balaban J connectivity index is 1.45. The summed E-state index contributed by atoms with van der Waals surface area (Å²) in [6.07, 6.45) is 4.78. The maximum absolute atomic E-state index is 13.4. The number of hydrogen-bond acceptors (Lipinski definition) is 5. The van der Waals surface area contributed by atoms with Crippen LogP contribution in [-0.2, 0) is 4.79 Å². The van der Waals surface area contributed by atoms with Crippen LogP contribution < -0.4 is 4.74 Å². The Morgan fingerprint density at radius 1 is 1.09 bits per heavy atom. The summed E-state index contributed by atoms with van der Waals surface area (Å²) in [6.45, 7) is 4.00. The predicted molar refractivity (Wildman–Crippen MR) is 122 cm³/mol. The topological polar surface area (TPSA) is 73.1 Å². The van der Waals surface area contributed by atoms with Crippen LogP contribution in [0.1, 0.15) is 18.9 Å². The third kappa shape index (κ3) is 4.19. The van der Waals surface area contributed by atoms with E-state index in [2.05, 4.69) is 16.5 Å². The van der Waals surface area contributed by atoms with Crippen molar-refractivity contribution in [2.24, 2.45) is 0 Å². The van der Waals surface area contributed by atoms with Gasteiger partial charge in [0.15, 0.2) is 11.5 Å². The Kier molecular flexibility index (Phi) is 5.56. The maximum Gasteiger partial charge on any atom is 0.282 e. The number of para-hydroxylation sites is 1. The van der Waals surface area contributed by atoms with E-state index in [0.717, 1.165) is 41.0 Å². The van der Waals surface area contributed by atoms with Crippen LogP contribution in [0.5, 0.6) is 11.5 Å². The normalized spacial score (nSPS) is 16.0. The van der Waals surface area contributed by atoms with Crippen LogP contribution in [0.15, 0.2) is 79.5 Å². The smallest absolute Gasteiger partial charge is 0.282 e. The summed E-state index contributed by atoms with van der Waals surface area (Å²) >= 11 is 0. The van der Waals surface area contributed by atoms with Gasteiger partial charge >= 0.3 is 0 Å². The first-order chi connectivity index (χ1) is 16.1. The Bertz CT molecular complexity index is 1300. The highest BCUT2D eigenvalue weighted by atomic mass is 19.1. The monoisotopic (exact) mass is 443 g/mol. The lowest BCUT2D eigenvalue weighted by Crippen LogP contribution is -2.41. The van der Waals surface area contributed by atoms with Crippen LogP contribution in [-0.4, -0.2) is 43.6 Å². The second-order valence-corrected chi connectivity index (χ2v) is 7.94. The SMILES string of the molecule is C=C(F)C(=O)N1CCC[C@@H](n2nc(-c3ccc(Oc4ccccc4)cc3)c3cncnc32)C1. The first-order valence-corrected chi connectivity index (χ1v) is 10.8. The van der Waals surface area contributed by atoms with Crippen molar-refractivity contribution in [1.82, 2.24) is 24.6 Å². The van der Waals surface area contributed by atoms with E-state index < -0.39 is 11.7 Å². The molecule has 0 spiro atoms. The van der Waals surface area contributed by atoms with E-state index in [1.807, 2.05) is 59.3 Å². The van der Waals surface area contributed by atoms with Gasteiger partial charge in [-0.1, -0.05) is 24.8 Å². The molecule has 3 heterocycles. The molecule has 5 rings (SSSR count). The fraction of sp³-hybridized carbons (Fsp3) is 0.200. The molecule has 1 saturated heterocycles. The van der Waals surface area contributed by atoms with Gasteiger partial charge in [0.25, 0.3) is 5.91 Å². The molecule has 0 bridgehead atoms. The number of amides is 1. The number of piperidine rings is 1. The minimum atomic E-state index is -0.943. The van der Waals surface area contributed by atoms with Gasteiger partial charge in [-0.15, -0.1) is 0 Å².